The molecule has 1 aromatic rings. The molecule has 0 aliphatic rings. The van der Waals surface area contributed by atoms with Crippen LogP contribution < -0.4 is 0 Å². The summed E-state index contributed by atoms with van der Waals surface area (Å²) in [4.78, 5) is 0. The van der Waals surface area contributed by atoms with Crippen molar-refractivity contribution in [3.05, 3.63) is 18.5 Å². The molecular weight excluding hydrogens is 126 g/mol. The van der Waals surface area contributed by atoms with Crippen molar-refractivity contribution in [2.75, 3.05) is 0 Å². The van der Waals surface area contributed by atoms with Gasteiger partial charge in [0.15, 0.2) is 0 Å². The Morgan fingerprint density at radius 2 is 2.50 bits per heavy atom. The Labute approximate surface area is 51.4 Å². The van der Waals surface area contributed by atoms with E-state index in [9.17, 15) is 0 Å². The lowest BCUT2D eigenvalue weighted by molar-refractivity contribution is 0.941. The first-order valence-corrected chi connectivity index (χ1v) is 2.42. The van der Waals surface area contributed by atoms with Gasteiger partial charge < -0.3 is 0 Å². The average Bonchev–Trinajstić information content (AvgIpc) is 2.12. The minimum Gasteiger partial charge on any atom is -0.272 e. The van der Waals surface area contributed by atoms with Gasteiger partial charge in [-0.1, -0.05) is 0 Å². The van der Waals surface area contributed by atoms with E-state index >= 15 is 0 Å². The molecule has 1 heterocycles. The van der Waals surface area contributed by atoms with Crippen LogP contribution >= 0.6 is 11.6 Å². The van der Waals surface area contributed by atoms with E-state index in [0.717, 1.165) is 0 Å². The number of hydrogen-bond donors (Lipinski definition) is 1. The topological polar surface area (TPSA) is 41.7 Å². The molecule has 42 valence electrons. The molecule has 0 fully saturated rings. The van der Waals surface area contributed by atoms with Crippen molar-refractivity contribution in [3.63, 3.8) is 0 Å². The summed E-state index contributed by atoms with van der Waals surface area (Å²) in [7, 11) is 0. The highest BCUT2D eigenvalue weighted by Crippen LogP contribution is 1.86. The molecule has 0 saturated carbocycles. The maximum atomic E-state index is 6.82. The van der Waals surface area contributed by atoms with Gasteiger partial charge in [-0.05, 0) is 17.7 Å². The van der Waals surface area contributed by atoms with Gasteiger partial charge in [-0.2, -0.15) is 5.10 Å². The van der Waals surface area contributed by atoms with E-state index in [1.54, 1.807) is 18.5 Å². The number of rotatable bonds is 0. The third-order valence-electron chi connectivity index (χ3n) is 0.706. The van der Waals surface area contributed by atoms with Crippen LogP contribution in [0.25, 0.3) is 0 Å². The van der Waals surface area contributed by atoms with E-state index in [1.165, 1.54) is 4.68 Å². The van der Waals surface area contributed by atoms with Gasteiger partial charge in [0.25, 0.3) is 0 Å². The van der Waals surface area contributed by atoms with Crippen molar-refractivity contribution < 1.29 is 0 Å². The Morgan fingerprint density at radius 1 is 1.75 bits per heavy atom. The first-order chi connectivity index (χ1) is 3.80. The quantitative estimate of drug-likeness (QED) is 0.411. The molecule has 0 aliphatic heterocycles. The summed E-state index contributed by atoms with van der Waals surface area (Å²) >= 11 is 5.23. The molecule has 1 N–H and O–H groups in total. The van der Waals surface area contributed by atoms with Crippen molar-refractivity contribution in [2.45, 2.75) is 0 Å². The van der Waals surface area contributed by atoms with Gasteiger partial charge in [0, 0.05) is 12.4 Å². The number of nitrogens with one attached hydrogen (secondary N) is 1. The second kappa shape index (κ2) is 1.96. The normalized spacial score (nSPS) is 9.12. The lowest BCUT2D eigenvalue weighted by atomic mass is 10.8. The molecule has 0 radical (unpaired) electrons. The van der Waals surface area contributed by atoms with Crippen molar-refractivity contribution in [2.24, 2.45) is 0 Å². The zero-order valence-corrected chi connectivity index (χ0v) is 4.76. The highest BCUT2D eigenvalue weighted by atomic mass is 35.5. The SMILES string of the molecule is N=C(Cl)n1cccn1. The largest absolute Gasteiger partial charge is 0.272 e. The predicted octanol–water partition coefficient (Wildman–Crippen LogP) is 0.905. The van der Waals surface area contributed by atoms with Gasteiger partial charge in [-0.25, -0.2) is 4.68 Å². The minimum absolute atomic E-state index is 0.0880. The Hall–Kier alpha value is -0.830. The van der Waals surface area contributed by atoms with Gasteiger partial charge in [0.2, 0.25) is 5.29 Å². The summed E-state index contributed by atoms with van der Waals surface area (Å²) in [6, 6.07) is 1.71. The van der Waals surface area contributed by atoms with Gasteiger partial charge in [0.1, 0.15) is 0 Å². The summed E-state index contributed by atoms with van der Waals surface area (Å²) < 4.78 is 1.27. The lowest BCUT2D eigenvalue weighted by Crippen LogP contribution is -2.01. The predicted molar refractivity (Wildman–Crippen MR) is 31.2 cm³/mol. The van der Waals surface area contributed by atoms with E-state index in [-0.39, 0.29) is 5.29 Å². The third kappa shape index (κ3) is 0.869. The fraction of sp³-hybridized carbons (Fsp3) is 0. The summed E-state index contributed by atoms with van der Waals surface area (Å²) in [5, 5.41) is 10.4. The molecule has 0 spiro atoms. The van der Waals surface area contributed by atoms with Gasteiger partial charge in [-0.3, -0.25) is 5.41 Å². The summed E-state index contributed by atoms with van der Waals surface area (Å²) in [5.41, 5.74) is 0. The average molecular weight is 130 g/mol. The molecule has 0 aliphatic carbocycles. The second-order valence-corrected chi connectivity index (χ2v) is 1.60. The number of hydrogen-bond acceptors (Lipinski definition) is 2. The number of halogens is 1. The highest BCUT2D eigenvalue weighted by molar-refractivity contribution is 6.64. The summed E-state index contributed by atoms with van der Waals surface area (Å²) in [6.45, 7) is 0. The molecular formula is C4H4ClN3. The van der Waals surface area contributed by atoms with Crippen LogP contribution in [-0.2, 0) is 0 Å². The first kappa shape index (κ1) is 5.31. The van der Waals surface area contributed by atoms with Gasteiger partial charge >= 0.3 is 0 Å². The number of nitrogens with zero attached hydrogens (tertiary/aromatic N) is 2. The van der Waals surface area contributed by atoms with Crippen LogP contribution in [0.5, 0.6) is 0 Å². The van der Waals surface area contributed by atoms with Crippen LogP contribution in [0.4, 0.5) is 0 Å². The Kier molecular flexibility index (Phi) is 1.30. The van der Waals surface area contributed by atoms with Gasteiger partial charge in [0.05, 0.1) is 0 Å². The van der Waals surface area contributed by atoms with Crippen LogP contribution in [0.3, 0.4) is 0 Å². The minimum atomic E-state index is -0.0880. The fourth-order valence-electron chi connectivity index (χ4n) is 0.385. The van der Waals surface area contributed by atoms with Crippen molar-refractivity contribution in [1.29, 1.82) is 5.41 Å². The third-order valence-corrected chi connectivity index (χ3v) is 0.879. The number of aromatic nitrogens is 2. The summed E-state index contributed by atoms with van der Waals surface area (Å²) in [6.07, 6.45) is 3.17. The molecule has 1 aromatic heterocycles. The zero-order valence-electron chi connectivity index (χ0n) is 4.00. The van der Waals surface area contributed by atoms with E-state index in [0.29, 0.717) is 0 Å². The smallest absolute Gasteiger partial charge is 0.216 e. The van der Waals surface area contributed by atoms with Crippen LogP contribution in [0.15, 0.2) is 18.5 Å². The molecule has 3 nitrogen and oxygen atoms in total. The second-order valence-electron chi connectivity index (χ2n) is 1.24. The molecule has 8 heavy (non-hydrogen) atoms. The first-order valence-electron chi connectivity index (χ1n) is 2.05. The molecule has 0 amide bonds. The van der Waals surface area contributed by atoms with E-state index in [4.69, 9.17) is 17.0 Å². The summed E-state index contributed by atoms with van der Waals surface area (Å²) in [5.74, 6) is 0. The van der Waals surface area contributed by atoms with E-state index < -0.39 is 0 Å². The molecule has 0 saturated heterocycles. The Bertz CT molecular complexity index is 179. The molecule has 0 bridgehead atoms. The Balaban J connectivity index is 2.93. The van der Waals surface area contributed by atoms with Crippen molar-refractivity contribution in [1.82, 2.24) is 9.78 Å². The van der Waals surface area contributed by atoms with Crippen LogP contribution in [0.1, 0.15) is 0 Å². The fourth-order valence-corrected chi connectivity index (χ4v) is 0.485. The monoisotopic (exact) mass is 129 g/mol. The van der Waals surface area contributed by atoms with Crippen molar-refractivity contribution >= 4 is 16.9 Å². The standard InChI is InChI=1S/C4H4ClN3/c5-4(6)8-3-1-2-7-8/h1-3,6H. The highest BCUT2D eigenvalue weighted by Gasteiger charge is 1.89. The molecule has 4 heteroatoms. The zero-order chi connectivity index (χ0) is 5.98. The molecule has 0 atom stereocenters. The van der Waals surface area contributed by atoms with Gasteiger partial charge in [-0.15, -0.1) is 0 Å². The van der Waals surface area contributed by atoms with Crippen molar-refractivity contribution in [3.8, 4) is 0 Å². The van der Waals surface area contributed by atoms with Crippen LogP contribution in [0, 0.1) is 5.41 Å². The van der Waals surface area contributed by atoms with E-state index in [1.807, 2.05) is 0 Å². The van der Waals surface area contributed by atoms with Crippen LogP contribution in [0.2, 0.25) is 0 Å². The Morgan fingerprint density at radius 3 is 2.75 bits per heavy atom. The maximum absolute atomic E-state index is 6.82. The van der Waals surface area contributed by atoms with Crippen LogP contribution in [-0.4, -0.2) is 15.1 Å². The molecule has 0 aromatic carbocycles. The maximum Gasteiger partial charge on any atom is 0.216 e. The lowest BCUT2D eigenvalue weighted by Gasteiger charge is -1.88. The molecule has 1 rings (SSSR count). The molecule has 0 unspecified atom stereocenters. The van der Waals surface area contributed by atoms with E-state index in [2.05, 4.69) is 5.10 Å².